The summed E-state index contributed by atoms with van der Waals surface area (Å²) in [4.78, 5) is 0. The highest BCUT2D eigenvalue weighted by molar-refractivity contribution is 9.10. The van der Waals surface area contributed by atoms with Crippen molar-refractivity contribution in [1.29, 1.82) is 0 Å². The Balaban J connectivity index is 1.98. The van der Waals surface area contributed by atoms with Crippen molar-refractivity contribution in [3.63, 3.8) is 0 Å². The highest BCUT2D eigenvalue weighted by Gasteiger charge is 2.18. The molecule has 0 saturated heterocycles. The van der Waals surface area contributed by atoms with Crippen LogP contribution in [0.15, 0.2) is 40.9 Å². The second-order valence-electron chi connectivity index (χ2n) is 4.94. The van der Waals surface area contributed by atoms with Gasteiger partial charge < -0.3 is 10.5 Å². The number of nitrogens with two attached hydrogens (primary N) is 1. The van der Waals surface area contributed by atoms with Gasteiger partial charge in [-0.25, -0.2) is 4.39 Å². The lowest BCUT2D eigenvalue weighted by atomic mass is 9.95. The molecule has 0 spiro atoms. The Labute approximate surface area is 125 Å². The van der Waals surface area contributed by atoms with E-state index in [4.69, 9.17) is 10.5 Å². The number of rotatable bonds is 2. The summed E-state index contributed by atoms with van der Waals surface area (Å²) >= 11 is 3.20. The summed E-state index contributed by atoms with van der Waals surface area (Å²) in [7, 11) is 0. The summed E-state index contributed by atoms with van der Waals surface area (Å²) in [5, 5.41) is 0. The van der Waals surface area contributed by atoms with E-state index < -0.39 is 6.04 Å². The third-order valence-electron chi connectivity index (χ3n) is 3.61. The predicted octanol–water partition coefficient (Wildman–Crippen LogP) is 3.96. The molecule has 0 aliphatic carbocycles. The van der Waals surface area contributed by atoms with Crippen molar-refractivity contribution in [2.24, 2.45) is 5.73 Å². The van der Waals surface area contributed by atoms with Gasteiger partial charge >= 0.3 is 0 Å². The molecule has 2 N–H and O–H groups in total. The van der Waals surface area contributed by atoms with Crippen molar-refractivity contribution in [1.82, 2.24) is 0 Å². The zero-order chi connectivity index (χ0) is 14.1. The van der Waals surface area contributed by atoms with Gasteiger partial charge in [0.1, 0.15) is 11.6 Å². The topological polar surface area (TPSA) is 35.2 Å². The van der Waals surface area contributed by atoms with Gasteiger partial charge in [-0.2, -0.15) is 0 Å². The van der Waals surface area contributed by atoms with Crippen LogP contribution in [0.25, 0.3) is 0 Å². The number of hydrogen-bond acceptors (Lipinski definition) is 2. The normalized spacial score (nSPS) is 15.3. The number of halogens is 2. The maximum absolute atomic E-state index is 14.1. The molecule has 1 aliphatic heterocycles. The summed E-state index contributed by atoms with van der Waals surface area (Å²) in [5.74, 6) is 0.621. The van der Waals surface area contributed by atoms with Gasteiger partial charge in [0.25, 0.3) is 0 Å². The minimum atomic E-state index is -0.472. The summed E-state index contributed by atoms with van der Waals surface area (Å²) in [6.07, 6.45) is 1.99. The van der Waals surface area contributed by atoms with E-state index in [1.54, 1.807) is 18.2 Å². The van der Waals surface area contributed by atoms with E-state index in [-0.39, 0.29) is 5.82 Å². The van der Waals surface area contributed by atoms with E-state index >= 15 is 0 Å². The van der Waals surface area contributed by atoms with E-state index in [9.17, 15) is 4.39 Å². The van der Waals surface area contributed by atoms with Gasteiger partial charge in [-0.15, -0.1) is 0 Å². The van der Waals surface area contributed by atoms with Crippen molar-refractivity contribution >= 4 is 15.9 Å². The second kappa shape index (κ2) is 5.54. The van der Waals surface area contributed by atoms with E-state index in [0.29, 0.717) is 10.0 Å². The van der Waals surface area contributed by atoms with E-state index in [0.717, 1.165) is 36.3 Å². The molecule has 2 aromatic rings. The van der Waals surface area contributed by atoms with Crippen molar-refractivity contribution in [3.05, 3.63) is 63.4 Å². The molecule has 2 aromatic carbocycles. The number of fused-ring (bicyclic) bond motifs is 1. The minimum Gasteiger partial charge on any atom is -0.493 e. The van der Waals surface area contributed by atoms with E-state index in [1.807, 2.05) is 18.2 Å². The summed E-state index contributed by atoms with van der Waals surface area (Å²) in [6.45, 7) is 0.763. The molecule has 104 valence electrons. The maximum Gasteiger partial charge on any atom is 0.142 e. The van der Waals surface area contributed by atoms with Crippen molar-refractivity contribution < 1.29 is 9.13 Å². The molecule has 2 nitrogen and oxygen atoms in total. The lowest BCUT2D eigenvalue weighted by Gasteiger charge is -2.20. The lowest BCUT2D eigenvalue weighted by Crippen LogP contribution is -2.15. The fourth-order valence-electron chi connectivity index (χ4n) is 2.51. The first kappa shape index (κ1) is 13.6. The van der Waals surface area contributed by atoms with Crippen molar-refractivity contribution in [3.8, 4) is 5.75 Å². The quantitative estimate of drug-likeness (QED) is 0.901. The predicted molar refractivity (Wildman–Crippen MR) is 80.4 cm³/mol. The molecule has 0 amide bonds. The molecular formula is C16H15BrFNO. The first-order chi connectivity index (χ1) is 9.66. The van der Waals surface area contributed by atoms with Gasteiger partial charge in [0.05, 0.1) is 17.1 Å². The van der Waals surface area contributed by atoms with Crippen LogP contribution in [0.5, 0.6) is 5.75 Å². The van der Waals surface area contributed by atoms with Crippen LogP contribution in [-0.2, 0) is 6.42 Å². The Kier molecular flexibility index (Phi) is 3.76. The summed E-state index contributed by atoms with van der Waals surface area (Å²) in [5.41, 5.74) is 8.77. The van der Waals surface area contributed by atoms with Gasteiger partial charge in [-0.1, -0.05) is 24.3 Å². The fourth-order valence-corrected chi connectivity index (χ4v) is 2.90. The molecule has 0 saturated carbocycles. The van der Waals surface area contributed by atoms with Gasteiger partial charge in [-0.05, 0) is 52.0 Å². The van der Waals surface area contributed by atoms with Crippen LogP contribution in [0.4, 0.5) is 4.39 Å². The third-order valence-corrected chi connectivity index (χ3v) is 4.22. The molecule has 4 heteroatoms. The van der Waals surface area contributed by atoms with Crippen LogP contribution in [-0.4, -0.2) is 6.61 Å². The molecular weight excluding hydrogens is 321 g/mol. The number of ether oxygens (including phenoxy) is 1. The van der Waals surface area contributed by atoms with Gasteiger partial charge in [0.15, 0.2) is 0 Å². The highest BCUT2D eigenvalue weighted by atomic mass is 79.9. The number of benzene rings is 2. The Morgan fingerprint density at radius 1 is 1.25 bits per heavy atom. The monoisotopic (exact) mass is 335 g/mol. The average Bonchev–Trinajstić information content (AvgIpc) is 2.49. The molecule has 0 bridgehead atoms. The van der Waals surface area contributed by atoms with Gasteiger partial charge in [0, 0.05) is 5.56 Å². The SMILES string of the molecule is NC(c1ccc2c(c1)CCCO2)c1cccc(Br)c1F. The molecule has 1 unspecified atom stereocenters. The minimum absolute atomic E-state index is 0.297. The molecule has 20 heavy (non-hydrogen) atoms. The Morgan fingerprint density at radius 3 is 2.95 bits per heavy atom. The van der Waals surface area contributed by atoms with Gasteiger partial charge in [0.2, 0.25) is 0 Å². The highest BCUT2D eigenvalue weighted by Crippen LogP contribution is 2.31. The van der Waals surface area contributed by atoms with Crippen LogP contribution >= 0.6 is 15.9 Å². The molecule has 0 aromatic heterocycles. The van der Waals surface area contributed by atoms with Crippen molar-refractivity contribution in [2.75, 3.05) is 6.61 Å². The maximum atomic E-state index is 14.1. The molecule has 1 heterocycles. The van der Waals surface area contributed by atoms with E-state index in [2.05, 4.69) is 15.9 Å². The van der Waals surface area contributed by atoms with Crippen LogP contribution in [0.2, 0.25) is 0 Å². The smallest absolute Gasteiger partial charge is 0.142 e. The third kappa shape index (κ3) is 2.45. The summed E-state index contributed by atoms with van der Waals surface area (Å²) < 4.78 is 20.1. The number of hydrogen-bond donors (Lipinski definition) is 1. The second-order valence-corrected chi connectivity index (χ2v) is 5.79. The van der Waals surface area contributed by atoms with Crippen LogP contribution < -0.4 is 10.5 Å². The molecule has 1 atom stereocenters. The molecule has 3 rings (SSSR count). The molecule has 0 fully saturated rings. The lowest BCUT2D eigenvalue weighted by molar-refractivity contribution is 0.288. The Bertz CT molecular complexity index is 644. The zero-order valence-corrected chi connectivity index (χ0v) is 12.5. The average molecular weight is 336 g/mol. The fraction of sp³-hybridized carbons (Fsp3) is 0.250. The van der Waals surface area contributed by atoms with Crippen molar-refractivity contribution in [2.45, 2.75) is 18.9 Å². The van der Waals surface area contributed by atoms with Crippen LogP contribution in [0, 0.1) is 5.82 Å². The standard InChI is InChI=1S/C16H15BrFNO/c17-13-5-1-4-12(15(13)18)16(19)11-6-7-14-10(9-11)3-2-8-20-14/h1,4-7,9,16H,2-3,8,19H2. The Hall–Kier alpha value is -1.39. The number of aryl methyl sites for hydroxylation is 1. The van der Waals surface area contributed by atoms with Gasteiger partial charge in [-0.3, -0.25) is 0 Å². The summed E-state index contributed by atoms with van der Waals surface area (Å²) in [6, 6.07) is 10.6. The van der Waals surface area contributed by atoms with Crippen LogP contribution in [0.1, 0.15) is 29.2 Å². The largest absolute Gasteiger partial charge is 0.493 e. The Morgan fingerprint density at radius 2 is 2.10 bits per heavy atom. The molecule has 1 aliphatic rings. The first-order valence-electron chi connectivity index (χ1n) is 6.62. The van der Waals surface area contributed by atoms with Crippen LogP contribution in [0.3, 0.4) is 0 Å². The van der Waals surface area contributed by atoms with E-state index in [1.165, 1.54) is 0 Å². The first-order valence-corrected chi connectivity index (χ1v) is 7.41. The molecule has 0 radical (unpaired) electrons. The zero-order valence-electron chi connectivity index (χ0n) is 10.9.